The molecule has 2 aliphatic heterocycles. The van der Waals surface area contributed by atoms with Gasteiger partial charge in [0, 0.05) is 56.8 Å². The maximum atomic E-state index is 12.8. The Morgan fingerprint density at radius 2 is 2.00 bits per heavy atom. The number of urea groups is 1. The first-order valence-corrected chi connectivity index (χ1v) is 11.2. The molecule has 2 aromatic rings. The Hall–Kier alpha value is -2.09. The fourth-order valence-electron chi connectivity index (χ4n) is 4.11. The molecule has 8 heteroatoms. The van der Waals surface area contributed by atoms with Crippen LogP contribution in [0.2, 0.25) is 0 Å². The SMILES string of the molecule is CCn1c(SCc2cccnc2)nnc1[C@@H]1CCCN(C(=O)N2CCCC2)C1. The Balaban J connectivity index is 1.44. The van der Waals surface area contributed by atoms with Crippen molar-refractivity contribution >= 4 is 17.8 Å². The summed E-state index contributed by atoms with van der Waals surface area (Å²) >= 11 is 1.70. The molecule has 0 unspecified atom stereocenters. The van der Waals surface area contributed by atoms with E-state index < -0.39 is 0 Å². The lowest BCUT2D eigenvalue weighted by Gasteiger charge is -2.35. The number of piperidine rings is 1. The highest BCUT2D eigenvalue weighted by molar-refractivity contribution is 7.98. The average Bonchev–Trinajstić information content (AvgIpc) is 3.42. The standard InChI is InChI=1S/C20H28N6OS/c1-2-26-18(22-23-19(26)28-15-16-7-5-9-21-13-16)17-8-6-12-25(14-17)20(27)24-10-3-4-11-24/h5,7,9,13,17H,2-4,6,8,10-12,14-15H2,1H3/t17-/m1/s1. The minimum atomic E-state index is 0.205. The zero-order valence-electron chi connectivity index (χ0n) is 16.5. The lowest BCUT2D eigenvalue weighted by atomic mass is 9.97. The Bertz CT molecular complexity index is 789. The predicted molar refractivity (Wildman–Crippen MR) is 109 cm³/mol. The van der Waals surface area contributed by atoms with Crippen LogP contribution in [-0.2, 0) is 12.3 Å². The van der Waals surface area contributed by atoms with Crippen molar-refractivity contribution in [2.75, 3.05) is 26.2 Å². The normalized spacial score (nSPS) is 20.0. The predicted octanol–water partition coefficient (Wildman–Crippen LogP) is 3.38. The molecular formula is C20H28N6OS. The Morgan fingerprint density at radius 1 is 1.18 bits per heavy atom. The largest absolute Gasteiger partial charge is 0.325 e. The molecule has 150 valence electrons. The van der Waals surface area contributed by atoms with Gasteiger partial charge in [0.1, 0.15) is 5.82 Å². The van der Waals surface area contributed by atoms with E-state index >= 15 is 0 Å². The fraction of sp³-hybridized carbons (Fsp3) is 0.600. The first kappa shape index (κ1) is 19.2. The molecule has 0 radical (unpaired) electrons. The Kier molecular flexibility index (Phi) is 6.14. The second-order valence-electron chi connectivity index (χ2n) is 7.50. The molecule has 0 bridgehead atoms. The third-order valence-electron chi connectivity index (χ3n) is 5.59. The molecule has 0 spiro atoms. The molecule has 4 rings (SSSR count). The fourth-order valence-corrected chi connectivity index (χ4v) is 5.05. The molecule has 2 saturated heterocycles. The van der Waals surface area contributed by atoms with E-state index in [-0.39, 0.29) is 11.9 Å². The summed E-state index contributed by atoms with van der Waals surface area (Å²) in [5.41, 5.74) is 1.18. The summed E-state index contributed by atoms with van der Waals surface area (Å²) in [6.07, 6.45) is 8.03. The topological polar surface area (TPSA) is 67.2 Å². The van der Waals surface area contributed by atoms with Crippen molar-refractivity contribution in [1.82, 2.24) is 29.5 Å². The molecular weight excluding hydrogens is 372 g/mol. The minimum Gasteiger partial charge on any atom is -0.325 e. The van der Waals surface area contributed by atoms with Crippen LogP contribution < -0.4 is 0 Å². The van der Waals surface area contributed by atoms with Crippen LogP contribution in [0.3, 0.4) is 0 Å². The van der Waals surface area contributed by atoms with E-state index in [0.29, 0.717) is 0 Å². The quantitative estimate of drug-likeness (QED) is 0.720. The maximum Gasteiger partial charge on any atom is 0.320 e. The molecule has 7 nitrogen and oxygen atoms in total. The molecule has 4 heterocycles. The van der Waals surface area contributed by atoms with Gasteiger partial charge in [0.2, 0.25) is 0 Å². The van der Waals surface area contributed by atoms with Crippen LogP contribution in [0.15, 0.2) is 29.7 Å². The van der Waals surface area contributed by atoms with Crippen molar-refractivity contribution in [3.05, 3.63) is 35.9 Å². The van der Waals surface area contributed by atoms with Gasteiger partial charge in [-0.1, -0.05) is 17.8 Å². The smallest absolute Gasteiger partial charge is 0.320 e. The Labute approximate surface area is 170 Å². The van der Waals surface area contributed by atoms with Crippen LogP contribution in [0.5, 0.6) is 0 Å². The summed E-state index contributed by atoms with van der Waals surface area (Å²) in [6, 6.07) is 4.24. The number of hydrogen-bond acceptors (Lipinski definition) is 5. The molecule has 0 N–H and O–H groups in total. The first-order valence-electron chi connectivity index (χ1n) is 10.2. The molecule has 2 aliphatic rings. The summed E-state index contributed by atoms with van der Waals surface area (Å²) in [5.74, 6) is 2.12. The van der Waals surface area contributed by atoms with Crippen LogP contribution in [0.25, 0.3) is 0 Å². The lowest BCUT2D eigenvalue weighted by molar-refractivity contribution is 0.145. The summed E-state index contributed by atoms with van der Waals surface area (Å²) < 4.78 is 2.22. The van der Waals surface area contributed by atoms with Crippen molar-refractivity contribution in [3.8, 4) is 0 Å². The Morgan fingerprint density at radius 3 is 2.75 bits per heavy atom. The van der Waals surface area contributed by atoms with Crippen LogP contribution in [0, 0.1) is 0 Å². The number of aromatic nitrogens is 4. The number of nitrogens with zero attached hydrogens (tertiary/aromatic N) is 6. The van der Waals surface area contributed by atoms with Gasteiger partial charge in [-0.3, -0.25) is 4.98 Å². The van der Waals surface area contributed by atoms with Gasteiger partial charge in [-0.05, 0) is 44.2 Å². The number of carbonyl (C=O) groups is 1. The van der Waals surface area contributed by atoms with E-state index in [9.17, 15) is 4.79 Å². The van der Waals surface area contributed by atoms with Gasteiger partial charge in [-0.2, -0.15) is 0 Å². The van der Waals surface area contributed by atoms with E-state index in [2.05, 4.69) is 32.7 Å². The summed E-state index contributed by atoms with van der Waals surface area (Å²) in [7, 11) is 0. The molecule has 2 amide bonds. The number of thioether (sulfide) groups is 1. The highest BCUT2D eigenvalue weighted by atomic mass is 32.2. The number of hydrogen-bond donors (Lipinski definition) is 0. The van der Waals surface area contributed by atoms with E-state index in [0.717, 1.165) is 75.1 Å². The number of pyridine rings is 1. The lowest BCUT2D eigenvalue weighted by Crippen LogP contribution is -2.46. The van der Waals surface area contributed by atoms with Gasteiger partial charge >= 0.3 is 6.03 Å². The summed E-state index contributed by atoms with van der Waals surface area (Å²) in [6.45, 7) is 6.39. The van der Waals surface area contributed by atoms with E-state index in [1.807, 2.05) is 22.1 Å². The van der Waals surface area contributed by atoms with Gasteiger partial charge in [0.05, 0.1) is 0 Å². The number of rotatable bonds is 5. The number of likely N-dealkylation sites (tertiary alicyclic amines) is 2. The van der Waals surface area contributed by atoms with Crippen molar-refractivity contribution in [1.29, 1.82) is 0 Å². The van der Waals surface area contributed by atoms with E-state index in [1.165, 1.54) is 5.56 Å². The van der Waals surface area contributed by atoms with Crippen molar-refractivity contribution in [3.63, 3.8) is 0 Å². The highest BCUT2D eigenvalue weighted by Crippen LogP contribution is 2.30. The third kappa shape index (κ3) is 4.16. The highest BCUT2D eigenvalue weighted by Gasteiger charge is 2.31. The van der Waals surface area contributed by atoms with E-state index in [1.54, 1.807) is 18.0 Å². The van der Waals surface area contributed by atoms with Crippen molar-refractivity contribution in [2.45, 2.75) is 56.0 Å². The first-order chi connectivity index (χ1) is 13.8. The molecule has 2 aromatic heterocycles. The molecule has 1 atom stereocenters. The third-order valence-corrected chi connectivity index (χ3v) is 6.62. The monoisotopic (exact) mass is 400 g/mol. The van der Waals surface area contributed by atoms with Crippen molar-refractivity contribution < 1.29 is 4.79 Å². The van der Waals surface area contributed by atoms with Crippen LogP contribution in [0.1, 0.15) is 49.9 Å². The van der Waals surface area contributed by atoms with E-state index in [4.69, 9.17) is 0 Å². The number of amides is 2. The number of carbonyl (C=O) groups excluding carboxylic acids is 1. The second-order valence-corrected chi connectivity index (χ2v) is 8.44. The maximum absolute atomic E-state index is 12.8. The van der Waals surface area contributed by atoms with Crippen LogP contribution in [-0.4, -0.2) is 61.8 Å². The molecule has 2 fully saturated rings. The zero-order valence-corrected chi connectivity index (χ0v) is 17.3. The summed E-state index contributed by atoms with van der Waals surface area (Å²) in [4.78, 5) is 21.0. The molecule has 28 heavy (non-hydrogen) atoms. The van der Waals surface area contributed by atoms with Gasteiger partial charge in [-0.25, -0.2) is 4.79 Å². The molecule has 0 aliphatic carbocycles. The second kappa shape index (κ2) is 8.94. The van der Waals surface area contributed by atoms with Gasteiger partial charge in [0.25, 0.3) is 0 Å². The van der Waals surface area contributed by atoms with Gasteiger partial charge < -0.3 is 14.4 Å². The minimum absolute atomic E-state index is 0.205. The average molecular weight is 401 g/mol. The van der Waals surface area contributed by atoms with Crippen molar-refractivity contribution in [2.24, 2.45) is 0 Å². The van der Waals surface area contributed by atoms with Gasteiger partial charge in [-0.15, -0.1) is 10.2 Å². The van der Waals surface area contributed by atoms with Crippen LogP contribution >= 0.6 is 11.8 Å². The summed E-state index contributed by atoms with van der Waals surface area (Å²) in [5, 5.41) is 9.95. The van der Waals surface area contributed by atoms with Crippen LogP contribution in [0.4, 0.5) is 4.79 Å². The molecule has 0 saturated carbocycles. The van der Waals surface area contributed by atoms with Gasteiger partial charge in [0.15, 0.2) is 5.16 Å². The molecule has 0 aromatic carbocycles. The zero-order chi connectivity index (χ0) is 19.3.